The van der Waals surface area contributed by atoms with Gasteiger partial charge in [-0.1, -0.05) is 37.0 Å². The number of halogens is 2. The quantitative estimate of drug-likeness (QED) is 0.764. The molecule has 1 aromatic rings. The number of amides is 2. The molecule has 2 rings (SSSR count). The van der Waals surface area contributed by atoms with Gasteiger partial charge in [0.05, 0.1) is 16.8 Å². The van der Waals surface area contributed by atoms with Crippen LogP contribution >= 0.6 is 23.2 Å². The van der Waals surface area contributed by atoms with Crippen molar-refractivity contribution in [2.75, 3.05) is 32.4 Å². The molecule has 1 aromatic carbocycles. The first-order valence-electron chi connectivity index (χ1n) is 8.50. The van der Waals surface area contributed by atoms with E-state index in [1.54, 1.807) is 11.0 Å². The summed E-state index contributed by atoms with van der Waals surface area (Å²) in [4.78, 5) is 27.0. The minimum Gasteiger partial charge on any atom is -0.340 e. The number of piperazine rings is 1. The average molecular weight is 436 g/mol. The molecule has 0 radical (unpaired) electrons. The molecule has 1 saturated heterocycles. The highest BCUT2D eigenvalue weighted by molar-refractivity contribution is 7.88. The van der Waals surface area contributed by atoms with Crippen LogP contribution in [0.5, 0.6) is 0 Å². The standard InChI is InChI=1S/C17H23Cl2N3O4S/c1-11(2)15(20-16(23)13-5-4-12(18)10-14(13)19)17(24)21-6-8-22(9-7-21)27(3,25)26/h4-5,10-11,15H,6-9H2,1-3H3,(H,20,23)/t15-/m1/s1. The third kappa shape index (κ3) is 5.57. The monoisotopic (exact) mass is 435 g/mol. The molecule has 1 fully saturated rings. The van der Waals surface area contributed by atoms with Crippen molar-refractivity contribution in [1.82, 2.24) is 14.5 Å². The minimum absolute atomic E-state index is 0.152. The molecule has 10 heteroatoms. The number of hydrogen-bond donors (Lipinski definition) is 1. The van der Waals surface area contributed by atoms with Gasteiger partial charge in [0.25, 0.3) is 5.91 Å². The van der Waals surface area contributed by atoms with Crippen molar-refractivity contribution in [3.8, 4) is 0 Å². The van der Waals surface area contributed by atoms with E-state index >= 15 is 0 Å². The van der Waals surface area contributed by atoms with Crippen molar-refractivity contribution in [3.05, 3.63) is 33.8 Å². The van der Waals surface area contributed by atoms with E-state index in [-0.39, 0.29) is 48.6 Å². The lowest BCUT2D eigenvalue weighted by atomic mass is 10.0. The van der Waals surface area contributed by atoms with Gasteiger partial charge in [-0.2, -0.15) is 4.31 Å². The molecule has 27 heavy (non-hydrogen) atoms. The topological polar surface area (TPSA) is 86.8 Å². The molecular formula is C17H23Cl2N3O4S. The Morgan fingerprint density at radius 3 is 2.19 bits per heavy atom. The van der Waals surface area contributed by atoms with E-state index in [1.165, 1.54) is 16.4 Å². The van der Waals surface area contributed by atoms with Crippen LogP contribution in [0, 0.1) is 5.92 Å². The van der Waals surface area contributed by atoms with Crippen molar-refractivity contribution >= 4 is 45.0 Å². The molecule has 0 unspecified atom stereocenters. The lowest BCUT2D eigenvalue weighted by molar-refractivity contribution is -0.135. The predicted octanol–water partition coefficient (Wildman–Crippen LogP) is 1.85. The van der Waals surface area contributed by atoms with Crippen molar-refractivity contribution in [2.24, 2.45) is 5.92 Å². The molecule has 150 valence electrons. The van der Waals surface area contributed by atoms with Crippen molar-refractivity contribution < 1.29 is 18.0 Å². The zero-order chi connectivity index (χ0) is 20.4. The Hall–Kier alpha value is -1.35. The summed E-state index contributed by atoms with van der Waals surface area (Å²) in [5, 5.41) is 3.36. The number of carbonyl (C=O) groups excluding carboxylic acids is 2. The molecule has 0 aromatic heterocycles. The van der Waals surface area contributed by atoms with Gasteiger partial charge in [-0.05, 0) is 24.1 Å². The Labute approximate surface area is 169 Å². The number of nitrogens with zero attached hydrogens (tertiary/aromatic N) is 2. The summed E-state index contributed by atoms with van der Waals surface area (Å²) in [6, 6.07) is 3.79. The van der Waals surface area contributed by atoms with Crippen LogP contribution in [0.4, 0.5) is 0 Å². The fourth-order valence-electron chi connectivity index (χ4n) is 2.84. The van der Waals surface area contributed by atoms with Crippen LogP contribution < -0.4 is 5.32 Å². The number of hydrogen-bond acceptors (Lipinski definition) is 4. The number of rotatable bonds is 5. The van der Waals surface area contributed by atoms with Gasteiger partial charge in [-0.25, -0.2) is 8.42 Å². The Morgan fingerprint density at radius 1 is 1.11 bits per heavy atom. The molecule has 1 aliphatic heterocycles. The molecule has 0 spiro atoms. The van der Waals surface area contributed by atoms with Crippen molar-refractivity contribution in [3.63, 3.8) is 0 Å². The van der Waals surface area contributed by atoms with Gasteiger partial charge in [0.2, 0.25) is 15.9 Å². The number of nitrogens with one attached hydrogen (secondary N) is 1. The zero-order valence-corrected chi connectivity index (χ0v) is 17.7. The molecule has 1 N–H and O–H groups in total. The van der Waals surface area contributed by atoms with E-state index in [1.807, 2.05) is 13.8 Å². The summed E-state index contributed by atoms with van der Waals surface area (Å²) in [6.45, 7) is 4.72. The lowest BCUT2D eigenvalue weighted by Gasteiger charge is -2.36. The minimum atomic E-state index is -3.27. The summed E-state index contributed by atoms with van der Waals surface area (Å²) in [6.07, 6.45) is 1.15. The van der Waals surface area contributed by atoms with Gasteiger partial charge in [-0.3, -0.25) is 9.59 Å². The highest BCUT2D eigenvalue weighted by atomic mass is 35.5. The highest BCUT2D eigenvalue weighted by Gasteiger charge is 2.32. The summed E-state index contributed by atoms with van der Waals surface area (Å²) in [5.41, 5.74) is 0.237. The molecule has 7 nitrogen and oxygen atoms in total. The average Bonchev–Trinajstić information content (AvgIpc) is 2.58. The predicted molar refractivity (Wildman–Crippen MR) is 106 cm³/mol. The molecule has 1 heterocycles. The zero-order valence-electron chi connectivity index (χ0n) is 15.4. The number of benzene rings is 1. The fourth-order valence-corrected chi connectivity index (χ4v) is 4.16. The van der Waals surface area contributed by atoms with Crippen LogP contribution in [0.25, 0.3) is 0 Å². The Bertz CT molecular complexity index is 821. The first kappa shape index (κ1) is 21.9. The third-order valence-electron chi connectivity index (χ3n) is 4.41. The van der Waals surface area contributed by atoms with Gasteiger partial charge in [0.15, 0.2) is 0 Å². The second-order valence-corrected chi connectivity index (χ2v) is 9.63. The van der Waals surface area contributed by atoms with Crippen molar-refractivity contribution in [1.29, 1.82) is 0 Å². The third-order valence-corrected chi connectivity index (χ3v) is 6.27. The number of carbonyl (C=O) groups is 2. The first-order valence-corrected chi connectivity index (χ1v) is 11.1. The van der Waals surface area contributed by atoms with E-state index in [9.17, 15) is 18.0 Å². The summed E-state index contributed by atoms with van der Waals surface area (Å²) in [5.74, 6) is -0.851. The maximum atomic E-state index is 12.9. The van der Waals surface area contributed by atoms with Gasteiger partial charge in [0.1, 0.15) is 6.04 Å². The van der Waals surface area contributed by atoms with Crippen LogP contribution in [0.3, 0.4) is 0 Å². The van der Waals surface area contributed by atoms with E-state index in [2.05, 4.69) is 5.32 Å². The van der Waals surface area contributed by atoms with Gasteiger partial charge >= 0.3 is 0 Å². The summed E-state index contributed by atoms with van der Waals surface area (Å²) >= 11 is 11.9. The van der Waals surface area contributed by atoms with Crippen LogP contribution in [0.15, 0.2) is 18.2 Å². The van der Waals surface area contributed by atoms with E-state index in [0.717, 1.165) is 6.26 Å². The van der Waals surface area contributed by atoms with Crippen LogP contribution in [-0.4, -0.2) is 67.9 Å². The molecule has 1 atom stereocenters. The van der Waals surface area contributed by atoms with E-state index < -0.39 is 22.0 Å². The van der Waals surface area contributed by atoms with E-state index in [4.69, 9.17) is 23.2 Å². The van der Waals surface area contributed by atoms with Crippen LogP contribution in [0.2, 0.25) is 10.0 Å². The SMILES string of the molecule is CC(C)[C@@H](NC(=O)c1ccc(Cl)cc1Cl)C(=O)N1CCN(S(C)(=O)=O)CC1. The molecule has 0 saturated carbocycles. The largest absolute Gasteiger partial charge is 0.340 e. The Kier molecular flexibility index (Phi) is 7.13. The molecule has 0 aliphatic carbocycles. The maximum absolute atomic E-state index is 12.9. The second-order valence-electron chi connectivity index (χ2n) is 6.81. The molecule has 1 aliphatic rings. The summed E-state index contributed by atoms with van der Waals surface area (Å²) in [7, 11) is -3.27. The van der Waals surface area contributed by atoms with E-state index in [0.29, 0.717) is 5.02 Å². The van der Waals surface area contributed by atoms with Gasteiger partial charge in [0, 0.05) is 31.2 Å². The summed E-state index contributed by atoms with van der Waals surface area (Å²) < 4.78 is 24.6. The Balaban J connectivity index is 2.08. The maximum Gasteiger partial charge on any atom is 0.253 e. The highest BCUT2D eigenvalue weighted by Crippen LogP contribution is 2.21. The first-order chi connectivity index (χ1) is 12.5. The van der Waals surface area contributed by atoms with Crippen LogP contribution in [0.1, 0.15) is 24.2 Å². The normalized spacial score (nSPS) is 17.0. The fraction of sp³-hybridized carbons (Fsp3) is 0.529. The number of sulfonamides is 1. The molecular weight excluding hydrogens is 413 g/mol. The lowest BCUT2D eigenvalue weighted by Crippen LogP contribution is -2.57. The Morgan fingerprint density at radius 2 is 1.70 bits per heavy atom. The molecule has 0 bridgehead atoms. The van der Waals surface area contributed by atoms with Gasteiger partial charge in [-0.15, -0.1) is 0 Å². The van der Waals surface area contributed by atoms with Crippen LogP contribution in [-0.2, 0) is 14.8 Å². The molecule has 2 amide bonds. The van der Waals surface area contributed by atoms with Gasteiger partial charge < -0.3 is 10.2 Å². The smallest absolute Gasteiger partial charge is 0.253 e. The second kappa shape index (κ2) is 8.77. The van der Waals surface area contributed by atoms with Crippen molar-refractivity contribution in [2.45, 2.75) is 19.9 Å².